The third-order valence-corrected chi connectivity index (χ3v) is 7.77. The van der Waals surface area contributed by atoms with Gasteiger partial charge in [-0.05, 0) is 74.5 Å². The Labute approximate surface area is 117 Å². The molecule has 4 saturated carbocycles. The average molecular weight is 264 g/mol. The van der Waals surface area contributed by atoms with Gasteiger partial charge in [0.25, 0.3) is 0 Å². The van der Waals surface area contributed by atoms with Crippen molar-refractivity contribution in [1.29, 1.82) is 0 Å². The Hall–Kier alpha value is -0.0700. The van der Waals surface area contributed by atoms with E-state index in [1.165, 1.54) is 57.8 Å². The molecular formula is C18H29F. The minimum absolute atomic E-state index is 0.0582. The fourth-order valence-corrected chi connectivity index (χ4v) is 6.76. The number of hydrogen-bond donors (Lipinski definition) is 0. The first-order chi connectivity index (χ1) is 9.20. The molecule has 0 bridgehead atoms. The van der Waals surface area contributed by atoms with Crippen molar-refractivity contribution in [3.63, 3.8) is 0 Å². The molecule has 2 unspecified atom stereocenters. The fraction of sp³-hybridized carbons (Fsp3) is 1.00. The maximum Gasteiger partial charge on any atom is 0.106 e. The molecule has 0 N–H and O–H groups in total. The van der Waals surface area contributed by atoms with Crippen LogP contribution >= 0.6 is 0 Å². The molecule has 0 heterocycles. The molecule has 0 saturated heterocycles. The molecular weight excluding hydrogens is 235 g/mol. The summed E-state index contributed by atoms with van der Waals surface area (Å²) in [5, 5.41) is 0. The smallest absolute Gasteiger partial charge is 0.106 e. The molecule has 4 fully saturated rings. The second kappa shape index (κ2) is 4.46. The van der Waals surface area contributed by atoms with Crippen molar-refractivity contribution >= 4 is 0 Å². The predicted molar refractivity (Wildman–Crippen MR) is 76.6 cm³/mol. The lowest BCUT2D eigenvalue weighted by Crippen LogP contribution is -2.48. The Bertz CT molecular complexity index is 352. The van der Waals surface area contributed by atoms with Gasteiger partial charge in [0.2, 0.25) is 0 Å². The van der Waals surface area contributed by atoms with Crippen LogP contribution in [0.1, 0.15) is 71.1 Å². The van der Waals surface area contributed by atoms with E-state index >= 15 is 0 Å². The first-order valence-electron chi connectivity index (χ1n) is 8.84. The van der Waals surface area contributed by atoms with Gasteiger partial charge in [-0.3, -0.25) is 0 Å². The van der Waals surface area contributed by atoms with Crippen molar-refractivity contribution < 1.29 is 4.39 Å². The molecule has 0 nitrogen and oxygen atoms in total. The highest BCUT2D eigenvalue weighted by molar-refractivity contribution is 5.06. The number of fused-ring (bicyclic) bond motifs is 5. The number of hydrogen-bond acceptors (Lipinski definition) is 0. The van der Waals surface area contributed by atoms with E-state index in [4.69, 9.17) is 0 Å². The van der Waals surface area contributed by atoms with Gasteiger partial charge < -0.3 is 0 Å². The third kappa shape index (κ3) is 1.75. The van der Waals surface area contributed by atoms with Gasteiger partial charge in [0.05, 0.1) is 0 Å². The zero-order chi connectivity index (χ0) is 13.0. The number of alkyl halides is 1. The van der Waals surface area contributed by atoms with Crippen molar-refractivity contribution in [1.82, 2.24) is 0 Å². The summed E-state index contributed by atoms with van der Waals surface area (Å²) in [7, 11) is 0. The first-order valence-corrected chi connectivity index (χ1v) is 8.84. The molecule has 4 aliphatic carbocycles. The van der Waals surface area contributed by atoms with Crippen molar-refractivity contribution in [2.24, 2.45) is 35.0 Å². The predicted octanol–water partition coefficient (Wildman–Crippen LogP) is 5.37. The third-order valence-electron chi connectivity index (χ3n) is 7.77. The lowest BCUT2D eigenvalue weighted by atomic mass is 9.50. The molecule has 0 amide bonds. The normalized spacial score (nSPS) is 57.2. The summed E-state index contributed by atoms with van der Waals surface area (Å²) in [4.78, 5) is 0. The second-order valence-corrected chi connectivity index (χ2v) is 8.31. The van der Waals surface area contributed by atoms with E-state index in [2.05, 4.69) is 6.92 Å². The minimum Gasteiger partial charge on any atom is -0.247 e. The van der Waals surface area contributed by atoms with Crippen LogP contribution in [0.5, 0.6) is 0 Å². The van der Waals surface area contributed by atoms with Crippen molar-refractivity contribution in [3.05, 3.63) is 0 Å². The topological polar surface area (TPSA) is 0 Å². The highest BCUT2D eigenvalue weighted by atomic mass is 19.1. The highest BCUT2D eigenvalue weighted by Gasteiger charge is 2.56. The summed E-state index contributed by atoms with van der Waals surface area (Å²) in [5.74, 6) is 4.66. The van der Waals surface area contributed by atoms with Crippen LogP contribution in [0.4, 0.5) is 4.39 Å². The summed E-state index contributed by atoms with van der Waals surface area (Å²) < 4.78 is 14.3. The van der Waals surface area contributed by atoms with Crippen molar-refractivity contribution in [2.45, 2.75) is 77.3 Å². The summed E-state index contributed by atoms with van der Waals surface area (Å²) in [6.07, 6.45) is 12.9. The molecule has 4 rings (SSSR count). The molecule has 1 heteroatoms. The monoisotopic (exact) mass is 264 g/mol. The van der Waals surface area contributed by atoms with Crippen LogP contribution in [-0.2, 0) is 0 Å². The van der Waals surface area contributed by atoms with Crippen LogP contribution in [0.2, 0.25) is 0 Å². The van der Waals surface area contributed by atoms with E-state index in [-0.39, 0.29) is 5.41 Å². The molecule has 0 aromatic rings. The summed E-state index contributed by atoms with van der Waals surface area (Å²) >= 11 is 0. The van der Waals surface area contributed by atoms with Crippen LogP contribution in [0.25, 0.3) is 0 Å². The quantitative estimate of drug-likeness (QED) is 0.552. The standard InChI is InChI=1S/C18H29F/c1-18-11-10-14-13-5-3-2-4-12(13)6-7-15(14)16(18)8-9-17(18)19/h12-17H,2-11H2,1H3/t12?,13-,14+,15+,16-,17?,18-/m0/s1. The summed E-state index contributed by atoms with van der Waals surface area (Å²) in [5.41, 5.74) is 0.0582. The van der Waals surface area contributed by atoms with Gasteiger partial charge in [-0.1, -0.05) is 26.2 Å². The Kier molecular flexibility index (Phi) is 2.97. The Morgan fingerprint density at radius 1 is 0.789 bits per heavy atom. The van der Waals surface area contributed by atoms with Gasteiger partial charge in [0.15, 0.2) is 0 Å². The van der Waals surface area contributed by atoms with Crippen LogP contribution in [0.3, 0.4) is 0 Å². The second-order valence-electron chi connectivity index (χ2n) is 8.31. The maximum atomic E-state index is 14.3. The number of rotatable bonds is 0. The van der Waals surface area contributed by atoms with Gasteiger partial charge in [-0.15, -0.1) is 0 Å². The van der Waals surface area contributed by atoms with E-state index in [1.807, 2.05) is 0 Å². The van der Waals surface area contributed by atoms with E-state index in [0.29, 0.717) is 0 Å². The van der Waals surface area contributed by atoms with Gasteiger partial charge in [0.1, 0.15) is 6.17 Å². The van der Waals surface area contributed by atoms with Crippen LogP contribution < -0.4 is 0 Å². The van der Waals surface area contributed by atoms with Gasteiger partial charge >= 0.3 is 0 Å². The molecule has 108 valence electrons. The molecule has 19 heavy (non-hydrogen) atoms. The SMILES string of the molecule is C[C@]12CC[C@H]3[C@@H](CCC4CCCC[C@@H]43)[C@@H]1CCC2F. The Morgan fingerprint density at radius 2 is 1.63 bits per heavy atom. The average Bonchev–Trinajstić information content (AvgIpc) is 2.75. The molecule has 7 atom stereocenters. The highest BCUT2D eigenvalue weighted by Crippen LogP contribution is 2.62. The Morgan fingerprint density at radius 3 is 2.53 bits per heavy atom. The van der Waals surface area contributed by atoms with Crippen LogP contribution in [-0.4, -0.2) is 6.17 Å². The molecule has 0 aromatic heterocycles. The van der Waals surface area contributed by atoms with Crippen LogP contribution in [0, 0.1) is 35.0 Å². The summed E-state index contributed by atoms with van der Waals surface area (Å²) in [6, 6.07) is 0. The van der Waals surface area contributed by atoms with E-state index < -0.39 is 6.17 Å². The van der Waals surface area contributed by atoms with Gasteiger partial charge in [-0.25, -0.2) is 4.39 Å². The lowest BCUT2D eigenvalue weighted by molar-refractivity contribution is -0.0661. The molecule has 0 aromatic carbocycles. The fourth-order valence-electron chi connectivity index (χ4n) is 6.76. The zero-order valence-electron chi connectivity index (χ0n) is 12.4. The van der Waals surface area contributed by atoms with Gasteiger partial charge in [0, 0.05) is 5.41 Å². The largest absolute Gasteiger partial charge is 0.247 e. The van der Waals surface area contributed by atoms with Crippen molar-refractivity contribution in [2.75, 3.05) is 0 Å². The first kappa shape index (κ1) is 12.7. The van der Waals surface area contributed by atoms with E-state index in [1.54, 1.807) is 0 Å². The van der Waals surface area contributed by atoms with E-state index in [9.17, 15) is 4.39 Å². The molecule has 0 spiro atoms. The maximum absolute atomic E-state index is 14.3. The lowest BCUT2D eigenvalue weighted by Gasteiger charge is -2.55. The minimum atomic E-state index is -0.498. The Balaban J connectivity index is 1.59. The van der Waals surface area contributed by atoms with Crippen LogP contribution in [0.15, 0.2) is 0 Å². The molecule has 4 aliphatic rings. The van der Waals surface area contributed by atoms with Crippen molar-refractivity contribution in [3.8, 4) is 0 Å². The molecule has 0 radical (unpaired) electrons. The number of halogens is 1. The molecule has 0 aliphatic heterocycles. The van der Waals surface area contributed by atoms with E-state index in [0.717, 1.165) is 36.0 Å². The van der Waals surface area contributed by atoms with Gasteiger partial charge in [-0.2, -0.15) is 0 Å². The summed E-state index contributed by atoms with van der Waals surface area (Å²) in [6.45, 7) is 2.28. The zero-order valence-corrected chi connectivity index (χ0v) is 12.4.